The standard InChI is InChI=1S/C16H16N4OS2/c1-11(9-12-7-8-22-10-12)17-15(21)19-16-18-14(20-23-16)13-5-3-2-4-6-13/h2-8,10-11H,9H2,1H3,(H2,17,18,19,20,21)/t11-/m1/s1. The highest BCUT2D eigenvalue weighted by Gasteiger charge is 2.12. The van der Waals surface area contributed by atoms with Crippen molar-refractivity contribution in [3.05, 3.63) is 52.7 Å². The molecule has 0 radical (unpaired) electrons. The molecule has 5 nitrogen and oxygen atoms in total. The second-order valence-electron chi connectivity index (χ2n) is 5.12. The number of carbonyl (C=O) groups is 1. The number of benzene rings is 1. The highest BCUT2D eigenvalue weighted by Crippen LogP contribution is 2.20. The largest absolute Gasteiger partial charge is 0.335 e. The van der Waals surface area contributed by atoms with Gasteiger partial charge >= 0.3 is 6.03 Å². The number of amides is 2. The van der Waals surface area contributed by atoms with Crippen LogP contribution < -0.4 is 10.6 Å². The SMILES string of the molecule is C[C@H](Cc1ccsc1)NC(=O)Nc1nc(-c2ccccc2)ns1. The van der Waals surface area contributed by atoms with E-state index >= 15 is 0 Å². The highest BCUT2D eigenvalue weighted by molar-refractivity contribution is 7.10. The van der Waals surface area contributed by atoms with Gasteiger partial charge in [-0.1, -0.05) is 30.3 Å². The van der Waals surface area contributed by atoms with Gasteiger partial charge in [0.05, 0.1) is 0 Å². The van der Waals surface area contributed by atoms with Gasteiger partial charge in [-0.3, -0.25) is 5.32 Å². The molecule has 0 fully saturated rings. The lowest BCUT2D eigenvalue weighted by Crippen LogP contribution is -2.37. The van der Waals surface area contributed by atoms with Crippen molar-refractivity contribution in [2.75, 3.05) is 5.32 Å². The molecule has 2 N–H and O–H groups in total. The Bertz CT molecular complexity index is 756. The molecule has 1 atom stereocenters. The number of rotatable bonds is 5. The van der Waals surface area contributed by atoms with Gasteiger partial charge in [0.25, 0.3) is 0 Å². The minimum absolute atomic E-state index is 0.0473. The van der Waals surface area contributed by atoms with E-state index in [0.29, 0.717) is 11.0 Å². The lowest BCUT2D eigenvalue weighted by molar-refractivity contribution is 0.249. The summed E-state index contributed by atoms with van der Waals surface area (Å²) < 4.78 is 4.27. The molecule has 0 saturated heterocycles. The molecule has 0 unspecified atom stereocenters. The van der Waals surface area contributed by atoms with Crippen molar-refractivity contribution in [2.24, 2.45) is 0 Å². The summed E-state index contributed by atoms with van der Waals surface area (Å²) in [7, 11) is 0. The van der Waals surface area contributed by atoms with E-state index in [1.807, 2.05) is 42.6 Å². The van der Waals surface area contributed by atoms with Crippen molar-refractivity contribution < 1.29 is 4.79 Å². The zero-order valence-corrected chi connectivity index (χ0v) is 14.2. The molecule has 0 bridgehead atoms. The Labute approximate surface area is 142 Å². The molecule has 2 amide bonds. The fourth-order valence-electron chi connectivity index (χ4n) is 2.15. The molecule has 0 spiro atoms. The van der Waals surface area contributed by atoms with Crippen molar-refractivity contribution in [3.8, 4) is 11.4 Å². The summed E-state index contributed by atoms with van der Waals surface area (Å²) in [5, 5.41) is 10.3. The molecule has 7 heteroatoms. The first-order chi connectivity index (χ1) is 11.2. The first kappa shape index (κ1) is 15.6. The van der Waals surface area contributed by atoms with Gasteiger partial charge in [-0.25, -0.2) is 4.79 Å². The highest BCUT2D eigenvalue weighted by atomic mass is 32.1. The third-order valence-electron chi connectivity index (χ3n) is 3.18. The van der Waals surface area contributed by atoms with Crippen molar-refractivity contribution >= 4 is 34.0 Å². The minimum Gasteiger partial charge on any atom is -0.335 e. The number of nitrogens with zero attached hydrogens (tertiary/aromatic N) is 2. The van der Waals surface area contributed by atoms with E-state index in [2.05, 4.69) is 31.4 Å². The van der Waals surface area contributed by atoms with Gasteiger partial charge < -0.3 is 5.32 Å². The van der Waals surface area contributed by atoms with Crippen LogP contribution in [0.2, 0.25) is 0 Å². The quantitative estimate of drug-likeness (QED) is 0.734. The van der Waals surface area contributed by atoms with Crippen molar-refractivity contribution in [2.45, 2.75) is 19.4 Å². The van der Waals surface area contributed by atoms with Gasteiger partial charge in [-0.15, -0.1) is 0 Å². The summed E-state index contributed by atoms with van der Waals surface area (Å²) in [4.78, 5) is 16.4. The number of urea groups is 1. The molecule has 2 aromatic heterocycles. The van der Waals surface area contributed by atoms with Crippen LogP contribution in [0.3, 0.4) is 0 Å². The van der Waals surface area contributed by atoms with E-state index in [1.165, 1.54) is 17.1 Å². The lowest BCUT2D eigenvalue weighted by atomic mass is 10.1. The topological polar surface area (TPSA) is 66.9 Å². The van der Waals surface area contributed by atoms with E-state index < -0.39 is 0 Å². The number of nitrogens with one attached hydrogen (secondary N) is 2. The molecule has 3 aromatic rings. The van der Waals surface area contributed by atoms with Gasteiger partial charge in [0.1, 0.15) is 0 Å². The van der Waals surface area contributed by atoms with Crippen LogP contribution in [0.4, 0.5) is 9.93 Å². The van der Waals surface area contributed by atoms with E-state index in [9.17, 15) is 4.79 Å². The maximum atomic E-state index is 12.0. The van der Waals surface area contributed by atoms with Crippen molar-refractivity contribution in [3.63, 3.8) is 0 Å². The van der Waals surface area contributed by atoms with Crippen LogP contribution in [0.1, 0.15) is 12.5 Å². The molecular weight excluding hydrogens is 328 g/mol. The predicted molar refractivity (Wildman–Crippen MR) is 95.0 cm³/mol. The fourth-order valence-corrected chi connectivity index (χ4v) is 3.42. The summed E-state index contributed by atoms with van der Waals surface area (Å²) in [6.45, 7) is 1.98. The number of carbonyl (C=O) groups excluding carboxylic acids is 1. The monoisotopic (exact) mass is 344 g/mol. The first-order valence-corrected chi connectivity index (χ1v) is 8.90. The van der Waals surface area contributed by atoms with E-state index in [1.54, 1.807) is 11.3 Å². The Kier molecular flexibility index (Phi) is 4.99. The molecule has 2 heterocycles. The van der Waals surface area contributed by atoms with E-state index in [4.69, 9.17) is 0 Å². The number of thiophene rings is 1. The molecule has 0 aliphatic carbocycles. The van der Waals surface area contributed by atoms with Gasteiger partial charge in [0.2, 0.25) is 5.13 Å². The third-order valence-corrected chi connectivity index (χ3v) is 4.54. The van der Waals surface area contributed by atoms with Crippen molar-refractivity contribution in [1.82, 2.24) is 14.7 Å². The zero-order valence-electron chi connectivity index (χ0n) is 12.5. The Morgan fingerprint density at radius 3 is 2.83 bits per heavy atom. The van der Waals surface area contributed by atoms with Crippen LogP contribution in [0.5, 0.6) is 0 Å². The summed E-state index contributed by atoms with van der Waals surface area (Å²) in [5.41, 5.74) is 2.16. The maximum absolute atomic E-state index is 12.0. The molecule has 1 aromatic carbocycles. The molecule has 0 saturated carbocycles. The number of hydrogen-bond donors (Lipinski definition) is 2. The maximum Gasteiger partial charge on any atom is 0.321 e. The third kappa shape index (κ3) is 4.37. The van der Waals surface area contributed by atoms with Gasteiger partial charge in [-0.05, 0) is 35.7 Å². The Balaban J connectivity index is 1.55. The van der Waals surface area contributed by atoms with Crippen LogP contribution in [0, 0.1) is 0 Å². The first-order valence-electron chi connectivity index (χ1n) is 7.18. The molecule has 3 rings (SSSR count). The summed E-state index contributed by atoms with van der Waals surface area (Å²) in [6.07, 6.45) is 0.808. The van der Waals surface area contributed by atoms with Crippen LogP contribution in [-0.2, 0) is 6.42 Å². The number of aromatic nitrogens is 2. The number of hydrogen-bond acceptors (Lipinski definition) is 5. The molecule has 0 aliphatic rings. The molecule has 0 aliphatic heterocycles. The summed E-state index contributed by atoms with van der Waals surface area (Å²) in [6, 6.07) is 11.5. The zero-order chi connectivity index (χ0) is 16.1. The number of anilines is 1. The van der Waals surface area contributed by atoms with E-state index in [0.717, 1.165) is 12.0 Å². The molecule has 23 heavy (non-hydrogen) atoms. The van der Waals surface area contributed by atoms with Gasteiger partial charge in [0.15, 0.2) is 5.82 Å². The average molecular weight is 344 g/mol. The van der Waals surface area contributed by atoms with Crippen LogP contribution in [0.15, 0.2) is 47.2 Å². The minimum atomic E-state index is -0.261. The Hall–Kier alpha value is -2.25. The second kappa shape index (κ2) is 7.34. The molecular formula is C16H16N4OS2. The van der Waals surface area contributed by atoms with Gasteiger partial charge in [0, 0.05) is 23.1 Å². The smallest absolute Gasteiger partial charge is 0.321 e. The van der Waals surface area contributed by atoms with Crippen LogP contribution in [0.25, 0.3) is 11.4 Å². The molecule has 118 valence electrons. The van der Waals surface area contributed by atoms with Gasteiger partial charge in [-0.2, -0.15) is 20.7 Å². The average Bonchev–Trinajstić information content (AvgIpc) is 3.20. The van der Waals surface area contributed by atoms with E-state index in [-0.39, 0.29) is 12.1 Å². The fraction of sp³-hybridized carbons (Fsp3) is 0.188. The lowest BCUT2D eigenvalue weighted by Gasteiger charge is -2.12. The summed E-state index contributed by atoms with van der Waals surface area (Å²) >= 11 is 2.83. The summed E-state index contributed by atoms with van der Waals surface area (Å²) in [5.74, 6) is 0.622. The normalized spacial score (nSPS) is 11.9. The van der Waals surface area contributed by atoms with Crippen LogP contribution in [-0.4, -0.2) is 21.4 Å². The Morgan fingerprint density at radius 2 is 2.09 bits per heavy atom. The predicted octanol–water partition coefficient (Wildman–Crippen LogP) is 4.02. The van der Waals surface area contributed by atoms with Crippen LogP contribution >= 0.6 is 22.9 Å². The second-order valence-corrected chi connectivity index (χ2v) is 6.66. The van der Waals surface area contributed by atoms with Crippen molar-refractivity contribution in [1.29, 1.82) is 0 Å². The Morgan fingerprint density at radius 1 is 1.26 bits per heavy atom.